The van der Waals surface area contributed by atoms with Crippen molar-refractivity contribution in [2.24, 2.45) is 9.98 Å². The lowest BCUT2D eigenvalue weighted by atomic mass is 9.82. The Morgan fingerprint density at radius 3 is 2.00 bits per heavy atom. The lowest BCUT2D eigenvalue weighted by Crippen LogP contribution is -2.33. The Morgan fingerprint density at radius 2 is 1.22 bits per heavy atom. The maximum Gasteiger partial charge on any atom is 0.159 e. The van der Waals surface area contributed by atoms with E-state index in [2.05, 4.69) is 157 Å². The minimum absolute atomic E-state index is 0.164. The average Bonchev–Trinajstić information content (AvgIpc) is 3.76. The Kier molecular flexibility index (Phi) is 8.21. The number of aromatic nitrogens is 1. The topological polar surface area (TPSA) is 65.5 Å². The van der Waals surface area contributed by atoms with Gasteiger partial charge in [0.1, 0.15) is 12.0 Å². The van der Waals surface area contributed by atoms with Gasteiger partial charge in [0, 0.05) is 33.0 Å². The number of amidine groups is 2. The van der Waals surface area contributed by atoms with E-state index in [0.29, 0.717) is 11.4 Å². The van der Waals surface area contributed by atoms with Crippen molar-refractivity contribution in [3.63, 3.8) is 0 Å². The second kappa shape index (κ2) is 13.9. The van der Waals surface area contributed by atoms with Crippen LogP contribution in [0.2, 0.25) is 0 Å². The molecule has 1 aromatic heterocycles. The molecule has 11 rings (SSSR count). The largest absolute Gasteiger partial charge is 0.344 e. The lowest BCUT2D eigenvalue weighted by molar-refractivity contribution is 0.661. The van der Waals surface area contributed by atoms with Gasteiger partial charge in [0.2, 0.25) is 0 Å². The Hall–Kier alpha value is -7.81. The van der Waals surface area contributed by atoms with Crippen molar-refractivity contribution in [3.05, 3.63) is 221 Å². The normalized spacial score (nSPS) is 15.1. The Balaban J connectivity index is 1.16. The van der Waals surface area contributed by atoms with Gasteiger partial charge in [0.25, 0.3) is 0 Å². The molecule has 1 atom stereocenters. The molecule has 9 aromatic rings. The molecular formula is C55H39N5. The van der Waals surface area contributed by atoms with Crippen molar-refractivity contribution in [1.82, 2.24) is 9.88 Å². The predicted molar refractivity (Wildman–Crippen MR) is 246 cm³/mol. The standard InChI is InChI=1S/C55H39N5/c1-55(2)48-24-14-12-22-44(48)46-32-47-45-23-13-15-25-50(45)60(51(47)33-49(46)55)42-30-39(38-26-27-43(41(28-38)34-56)35-16-6-3-7-17-35)29-40(31-42)54-58-52(36-18-8-4-9-19-36)57-53(59-54)37-20-10-5-11-21-37/h3-33,52H,1-2H3,(H,57,58,59). The van der Waals surface area contributed by atoms with Gasteiger partial charge in [-0.05, 0) is 92.5 Å². The van der Waals surface area contributed by atoms with E-state index in [4.69, 9.17) is 9.98 Å². The number of fused-ring (bicyclic) bond motifs is 6. The summed E-state index contributed by atoms with van der Waals surface area (Å²) in [7, 11) is 0. The summed E-state index contributed by atoms with van der Waals surface area (Å²) in [6, 6.07) is 68.4. The summed E-state index contributed by atoms with van der Waals surface area (Å²) >= 11 is 0. The van der Waals surface area contributed by atoms with Gasteiger partial charge >= 0.3 is 0 Å². The number of hydrogen-bond acceptors (Lipinski definition) is 4. The zero-order valence-electron chi connectivity index (χ0n) is 33.3. The van der Waals surface area contributed by atoms with Crippen LogP contribution in [0.25, 0.3) is 60.9 Å². The zero-order chi connectivity index (χ0) is 40.4. The van der Waals surface area contributed by atoms with Crippen molar-refractivity contribution >= 4 is 33.5 Å². The van der Waals surface area contributed by atoms with Crippen LogP contribution in [0.3, 0.4) is 0 Å². The number of nitrogens with one attached hydrogen (secondary N) is 1. The summed E-state index contributed by atoms with van der Waals surface area (Å²) in [4.78, 5) is 10.4. The Morgan fingerprint density at radius 1 is 0.533 bits per heavy atom. The molecule has 1 unspecified atom stereocenters. The minimum atomic E-state index is -0.351. The van der Waals surface area contributed by atoms with Gasteiger partial charge in [0.05, 0.1) is 22.7 Å². The number of aliphatic imine (C=N–C) groups is 2. The van der Waals surface area contributed by atoms with Gasteiger partial charge in [-0.2, -0.15) is 5.26 Å². The summed E-state index contributed by atoms with van der Waals surface area (Å²) in [5.74, 6) is 1.39. The summed E-state index contributed by atoms with van der Waals surface area (Å²) < 4.78 is 2.41. The number of nitriles is 1. The summed E-state index contributed by atoms with van der Waals surface area (Å²) in [5.41, 5.74) is 15.7. The molecule has 1 aliphatic carbocycles. The zero-order valence-corrected chi connectivity index (χ0v) is 33.3. The SMILES string of the molecule is CC1(C)c2ccccc2-c2cc3c4ccccc4n(-c4cc(C5=NC(c6ccccc6)=NC(c6ccccc6)N5)cc(-c5ccc(-c6ccccc6)c(C#N)c5)c4)c3cc21. The molecule has 0 bridgehead atoms. The van der Waals surface area contributed by atoms with Crippen LogP contribution in [0.15, 0.2) is 198 Å². The first-order chi connectivity index (χ1) is 29.4. The van der Waals surface area contributed by atoms with Crippen molar-refractivity contribution in [2.45, 2.75) is 25.4 Å². The second-order valence-electron chi connectivity index (χ2n) is 16.2. The van der Waals surface area contributed by atoms with Crippen molar-refractivity contribution < 1.29 is 0 Å². The predicted octanol–water partition coefficient (Wildman–Crippen LogP) is 12.8. The first kappa shape index (κ1) is 35.4. The van der Waals surface area contributed by atoms with Gasteiger partial charge in [-0.25, -0.2) is 9.98 Å². The van der Waals surface area contributed by atoms with Crippen LogP contribution in [0.1, 0.15) is 53.4 Å². The first-order valence-corrected chi connectivity index (χ1v) is 20.4. The number of hydrogen-bond donors (Lipinski definition) is 1. The molecule has 0 saturated carbocycles. The Labute approximate surface area is 349 Å². The quantitative estimate of drug-likeness (QED) is 0.183. The third kappa shape index (κ3) is 5.76. The average molecular weight is 770 g/mol. The molecule has 60 heavy (non-hydrogen) atoms. The monoisotopic (exact) mass is 769 g/mol. The molecule has 5 nitrogen and oxygen atoms in total. The highest BCUT2D eigenvalue weighted by Crippen LogP contribution is 2.51. The van der Waals surface area contributed by atoms with Crippen LogP contribution in [0, 0.1) is 11.3 Å². The van der Waals surface area contributed by atoms with Gasteiger partial charge < -0.3 is 9.88 Å². The number of benzene rings is 8. The molecule has 0 spiro atoms. The van der Waals surface area contributed by atoms with Crippen molar-refractivity contribution in [2.75, 3.05) is 0 Å². The molecule has 1 N–H and O–H groups in total. The molecule has 2 aliphatic rings. The number of rotatable bonds is 6. The van der Waals surface area contributed by atoms with Gasteiger partial charge in [-0.3, -0.25) is 0 Å². The van der Waals surface area contributed by atoms with E-state index in [9.17, 15) is 5.26 Å². The molecule has 0 radical (unpaired) electrons. The molecule has 0 amide bonds. The highest BCUT2D eigenvalue weighted by atomic mass is 15.2. The highest BCUT2D eigenvalue weighted by Gasteiger charge is 2.36. The van der Waals surface area contributed by atoms with Crippen LogP contribution in [-0.4, -0.2) is 16.2 Å². The molecule has 0 fully saturated rings. The van der Waals surface area contributed by atoms with E-state index in [1.54, 1.807) is 0 Å². The maximum atomic E-state index is 10.5. The van der Waals surface area contributed by atoms with E-state index >= 15 is 0 Å². The molecule has 8 aromatic carbocycles. The molecule has 2 heterocycles. The number of para-hydroxylation sites is 1. The molecule has 284 valence electrons. The third-order valence-corrected chi connectivity index (χ3v) is 12.3. The van der Waals surface area contributed by atoms with E-state index in [1.807, 2.05) is 60.7 Å². The van der Waals surface area contributed by atoms with E-state index in [0.717, 1.165) is 61.5 Å². The minimum Gasteiger partial charge on any atom is -0.344 e. The van der Waals surface area contributed by atoms with Gasteiger partial charge in [-0.15, -0.1) is 0 Å². The lowest BCUT2D eigenvalue weighted by Gasteiger charge is -2.24. The number of nitrogens with zero attached hydrogens (tertiary/aromatic N) is 4. The van der Waals surface area contributed by atoms with Crippen LogP contribution >= 0.6 is 0 Å². The van der Waals surface area contributed by atoms with Crippen LogP contribution in [-0.2, 0) is 5.41 Å². The molecule has 5 heteroatoms. The van der Waals surface area contributed by atoms with E-state index in [-0.39, 0.29) is 11.6 Å². The fraction of sp³-hybridized carbons (Fsp3) is 0.0727. The van der Waals surface area contributed by atoms with Gasteiger partial charge in [-0.1, -0.05) is 159 Å². The summed E-state index contributed by atoms with van der Waals surface area (Å²) in [6.45, 7) is 4.67. The fourth-order valence-electron chi connectivity index (χ4n) is 9.29. The Bertz CT molecular complexity index is 3260. The van der Waals surface area contributed by atoms with Gasteiger partial charge in [0.15, 0.2) is 5.84 Å². The molecule has 1 aliphatic heterocycles. The van der Waals surface area contributed by atoms with E-state index < -0.39 is 0 Å². The smallest absolute Gasteiger partial charge is 0.159 e. The van der Waals surface area contributed by atoms with Crippen LogP contribution in [0.4, 0.5) is 0 Å². The second-order valence-corrected chi connectivity index (χ2v) is 16.2. The molecular weight excluding hydrogens is 731 g/mol. The maximum absolute atomic E-state index is 10.5. The van der Waals surface area contributed by atoms with Crippen molar-refractivity contribution in [1.29, 1.82) is 5.26 Å². The van der Waals surface area contributed by atoms with Crippen LogP contribution in [0.5, 0.6) is 0 Å². The van der Waals surface area contributed by atoms with E-state index in [1.165, 1.54) is 33.0 Å². The highest BCUT2D eigenvalue weighted by molar-refractivity contribution is 6.14. The van der Waals surface area contributed by atoms with Crippen LogP contribution < -0.4 is 5.32 Å². The molecule has 0 saturated heterocycles. The first-order valence-electron chi connectivity index (χ1n) is 20.4. The third-order valence-electron chi connectivity index (χ3n) is 12.3. The fourth-order valence-corrected chi connectivity index (χ4v) is 9.29. The summed E-state index contributed by atoms with van der Waals surface area (Å²) in [6.07, 6.45) is -0.351. The summed E-state index contributed by atoms with van der Waals surface area (Å²) in [5, 5.41) is 16.6. The van der Waals surface area contributed by atoms with Crippen molar-refractivity contribution in [3.8, 4) is 45.1 Å².